The lowest BCUT2D eigenvalue weighted by atomic mass is 9.98. The van der Waals surface area contributed by atoms with Crippen LogP contribution in [0.2, 0.25) is 5.02 Å². The van der Waals surface area contributed by atoms with Crippen molar-refractivity contribution in [3.8, 4) is 22.7 Å². The fraction of sp³-hybridized carbons (Fsp3) is 0.0968. The summed E-state index contributed by atoms with van der Waals surface area (Å²) < 4.78 is 6.93. The van der Waals surface area contributed by atoms with Gasteiger partial charge in [0.2, 0.25) is 0 Å². The zero-order chi connectivity index (χ0) is 25.6. The average Bonchev–Trinajstić information content (AvgIpc) is 3.40. The Hall–Kier alpha value is -4.35. The molecule has 4 aromatic carbocycles. The maximum Gasteiger partial charge on any atom is 0.270 e. The Labute approximate surface area is 221 Å². The van der Waals surface area contributed by atoms with Crippen molar-refractivity contribution in [2.75, 3.05) is 7.11 Å². The number of carbonyl (C=O) groups excluding carboxylic acids is 1. The minimum atomic E-state index is -0.225. The molecule has 0 fully saturated rings. The first kappa shape index (κ1) is 24.3. The fourth-order valence-electron chi connectivity index (χ4n) is 4.27. The molecule has 5 nitrogen and oxygen atoms in total. The van der Waals surface area contributed by atoms with Crippen molar-refractivity contribution < 1.29 is 9.53 Å². The summed E-state index contributed by atoms with van der Waals surface area (Å²) in [6.07, 6.45) is 0.660. The number of aromatic nitrogens is 2. The van der Waals surface area contributed by atoms with Crippen LogP contribution in [0.1, 0.15) is 27.7 Å². The molecule has 0 saturated carbocycles. The van der Waals surface area contributed by atoms with Gasteiger partial charge in [0.05, 0.1) is 24.5 Å². The number of benzene rings is 4. The highest BCUT2D eigenvalue weighted by Crippen LogP contribution is 2.26. The third-order valence-corrected chi connectivity index (χ3v) is 6.41. The van der Waals surface area contributed by atoms with Gasteiger partial charge in [0.25, 0.3) is 5.91 Å². The minimum absolute atomic E-state index is 0.219. The van der Waals surface area contributed by atoms with Crippen molar-refractivity contribution in [3.63, 3.8) is 0 Å². The van der Waals surface area contributed by atoms with Gasteiger partial charge in [-0.05, 0) is 66.1 Å². The number of amides is 1. The number of rotatable bonds is 8. The summed E-state index contributed by atoms with van der Waals surface area (Å²) in [5.41, 5.74) is 4.84. The Morgan fingerprint density at radius 3 is 2.27 bits per heavy atom. The molecular formula is C31H26ClN3O2. The van der Waals surface area contributed by atoms with Crippen LogP contribution in [0.15, 0.2) is 115 Å². The summed E-state index contributed by atoms with van der Waals surface area (Å²) in [6, 6.07) is 36.6. The molecule has 1 N–H and O–H groups in total. The van der Waals surface area contributed by atoms with Gasteiger partial charge in [-0.15, -0.1) is 0 Å². The van der Waals surface area contributed by atoms with Crippen LogP contribution < -0.4 is 10.1 Å². The number of ether oxygens (including phenoxy) is 1. The third kappa shape index (κ3) is 5.74. The molecule has 0 aliphatic heterocycles. The quantitative estimate of drug-likeness (QED) is 0.248. The van der Waals surface area contributed by atoms with E-state index in [4.69, 9.17) is 21.4 Å². The van der Waals surface area contributed by atoms with Gasteiger partial charge in [0.1, 0.15) is 11.4 Å². The highest BCUT2D eigenvalue weighted by Gasteiger charge is 2.22. The van der Waals surface area contributed by atoms with Gasteiger partial charge in [-0.3, -0.25) is 4.79 Å². The van der Waals surface area contributed by atoms with Gasteiger partial charge >= 0.3 is 0 Å². The molecule has 1 amide bonds. The molecule has 0 radical (unpaired) electrons. The standard InChI is InChI=1S/C31H26ClN3O2/c1-37-27-17-15-24(16-18-27)29-21-30(35(34-29)26-14-8-13-25(32)20-26)31(36)33-28(23-11-6-3-7-12-23)19-22-9-4-2-5-10-22/h2-18,20-21,28H,19H2,1H3,(H,33,36). The Bertz CT molecular complexity index is 1480. The summed E-state index contributed by atoms with van der Waals surface area (Å²) in [5.74, 6) is 0.527. The molecule has 0 spiro atoms. The van der Waals surface area contributed by atoms with Crippen LogP contribution >= 0.6 is 11.6 Å². The third-order valence-electron chi connectivity index (χ3n) is 6.17. The van der Waals surface area contributed by atoms with Gasteiger partial charge in [-0.2, -0.15) is 5.10 Å². The Kier molecular flexibility index (Phi) is 7.33. The van der Waals surface area contributed by atoms with E-state index in [9.17, 15) is 4.79 Å². The van der Waals surface area contributed by atoms with Crippen LogP contribution in [-0.4, -0.2) is 22.8 Å². The highest BCUT2D eigenvalue weighted by molar-refractivity contribution is 6.30. The van der Waals surface area contributed by atoms with Crippen LogP contribution in [0.4, 0.5) is 0 Å². The molecule has 5 aromatic rings. The average molecular weight is 508 g/mol. The normalized spacial score (nSPS) is 11.6. The van der Waals surface area contributed by atoms with E-state index in [-0.39, 0.29) is 11.9 Å². The van der Waals surface area contributed by atoms with Crippen molar-refractivity contribution in [1.82, 2.24) is 15.1 Å². The van der Waals surface area contributed by atoms with E-state index in [2.05, 4.69) is 17.4 Å². The van der Waals surface area contributed by atoms with Gasteiger partial charge in [-0.1, -0.05) is 78.3 Å². The number of halogens is 1. The van der Waals surface area contributed by atoms with Crippen molar-refractivity contribution in [2.45, 2.75) is 12.5 Å². The molecule has 0 aliphatic carbocycles. The summed E-state index contributed by atoms with van der Waals surface area (Å²) in [5, 5.41) is 8.61. The number of hydrogen-bond donors (Lipinski definition) is 1. The second-order valence-corrected chi connectivity index (χ2v) is 9.10. The molecular weight excluding hydrogens is 482 g/mol. The Morgan fingerprint density at radius 1 is 0.892 bits per heavy atom. The largest absolute Gasteiger partial charge is 0.497 e. The molecule has 6 heteroatoms. The molecule has 1 heterocycles. The zero-order valence-corrected chi connectivity index (χ0v) is 21.1. The number of carbonyl (C=O) groups is 1. The van der Waals surface area contributed by atoms with Crippen LogP contribution in [0, 0.1) is 0 Å². The van der Waals surface area contributed by atoms with Crippen molar-refractivity contribution in [3.05, 3.63) is 137 Å². The maximum absolute atomic E-state index is 13.8. The summed E-state index contributed by atoms with van der Waals surface area (Å²) in [7, 11) is 1.63. The predicted molar refractivity (Wildman–Crippen MR) is 147 cm³/mol. The molecule has 0 bridgehead atoms. The van der Waals surface area contributed by atoms with Gasteiger partial charge in [0.15, 0.2) is 0 Å². The second-order valence-electron chi connectivity index (χ2n) is 8.66. The van der Waals surface area contributed by atoms with Crippen LogP contribution in [-0.2, 0) is 6.42 Å². The van der Waals surface area contributed by atoms with Gasteiger partial charge < -0.3 is 10.1 Å². The second kappa shape index (κ2) is 11.1. The van der Waals surface area contributed by atoms with E-state index in [1.54, 1.807) is 23.9 Å². The lowest BCUT2D eigenvalue weighted by Gasteiger charge is -2.20. The first-order chi connectivity index (χ1) is 18.1. The van der Waals surface area contributed by atoms with Gasteiger partial charge in [0, 0.05) is 10.6 Å². The number of nitrogens with one attached hydrogen (secondary N) is 1. The summed E-state index contributed by atoms with van der Waals surface area (Å²) in [6.45, 7) is 0. The Morgan fingerprint density at radius 2 is 1.59 bits per heavy atom. The van der Waals surface area contributed by atoms with Crippen LogP contribution in [0.3, 0.4) is 0 Å². The smallest absolute Gasteiger partial charge is 0.270 e. The molecule has 5 rings (SSSR count). The van der Waals surface area contributed by atoms with E-state index in [1.807, 2.05) is 91.0 Å². The lowest BCUT2D eigenvalue weighted by Crippen LogP contribution is -2.31. The maximum atomic E-state index is 13.8. The molecule has 0 aliphatic rings. The van der Waals surface area contributed by atoms with Gasteiger partial charge in [-0.25, -0.2) is 4.68 Å². The van der Waals surface area contributed by atoms with Crippen LogP contribution in [0.25, 0.3) is 16.9 Å². The monoisotopic (exact) mass is 507 g/mol. The van der Waals surface area contributed by atoms with E-state index in [1.165, 1.54) is 0 Å². The van der Waals surface area contributed by atoms with Crippen molar-refractivity contribution >= 4 is 17.5 Å². The number of methoxy groups -OCH3 is 1. The first-order valence-electron chi connectivity index (χ1n) is 12.0. The Balaban J connectivity index is 1.52. The molecule has 1 unspecified atom stereocenters. The van der Waals surface area contributed by atoms with E-state index < -0.39 is 0 Å². The predicted octanol–water partition coefficient (Wildman–Crippen LogP) is 6.92. The summed E-state index contributed by atoms with van der Waals surface area (Å²) >= 11 is 6.28. The number of hydrogen-bond acceptors (Lipinski definition) is 3. The molecule has 1 atom stereocenters. The molecule has 37 heavy (non-hydrogen) atoms. The zero-order valence-electron chi connectivity index (χ0n) is 20.3. The van der Waals surface area contributed by atoms with E-state index in [0.717, 1.165) is 22.4 Å². The lowest BCUT2D eigenvalue weighted by molar-refractivity contribution is 0.0928. The number of nitrogens with zero attached hydrogens (tertiary/aromatic N) is 2. The van der Waals surface area contributed by atoms with Crippen molar-refractivity contribution in [2.24, 2.45) is 0 Å². The topological polar surface area (TPSA) is 56.1 Å². The fourth-order valence-corrected chi connectivity index (χ4v) is 4.45. The highest BCUT2D eigenvalue weighted by atomic mass is 35.5. The van der Waals surface area contributed by atoms with E-state index in [0.29, 0.717) is 28.5 Å². The first-order valence-corrected chi connectivity index (χ1v) is 12.4. The SMILES string of the molecule is COc1ccc(-c2cc(C(=O)NC(Cc3ccccc3)c3ccccc3)n(-c3cccc(Cl)c3)n2)cc1. The molecule has 0 saturated heterocycles. The summed E-state index contributed by atoms with van der Waals surface area (Å²) in [4.78, 5) is 13.8. The van der Waals surface area contributed by atoms with Crippen LogP contribution in [0.5, 0.6) is 5.75 Å². The van der Waals surface area contributed by atoms with E-state index >= 15 is 0 Å². The minimum Gasteiger partial charge on any atom is -0.497 e. The molecule has 1 aromatic heterocycles. The van der Waals surface area contributed by atoms with Crippen molar-refractivity contribution in [1.29, 1.82) is 0 Å². The molecule has 184 valence electrons.